The number of aromatic nitrogens is 2. The Morgan fingerprint density at radius 3 is 2.76 bits per heavy atom. The monoisotopic (exact) mass is 596 g/mol. The number of benzene rings is 1. The first-order valence-corrected chi connectivity index (χ1v) is 14.7. The van der Waals surface area contributed by atoms with Crippen LogP contribution in [0.15, 0.2) is 54.2 Å². The number of carbonyl (C=O) groups excluding carboxylic acids is 2. The number of alkyl halides is 3. The first-order valence-electron chi connectivity index (χ1n) is 13.8. The molecular formula is C30H31F3N6O2S. The number of carbonyl (C=O) groups is 2. The molecule has 5 heterocycles. The Labute approximate surface area is 245 Å². The van der Waals surface area contributed by atoms with E-state index < -0.39 is 17.6 Å². The number of anilines is 1. The number of fused-ring (bicyclic) bond motifs is 2. The Balaban J connectivity index is 1.18. The summed E-state index contributed by atoms with van der Waals surface area (Å²) in [5, 5.41) is 4.45. The Kier molecular flexibility index (Phi) is 7.54. The van der Waals surface area contributed by atoms with Crippen LogP contribution in [0.2, 0.25) is 0 Å². The molecule has 3 aromatic heterocycles. The molecule has 1 fully saturated rings. The maximum absolute atomic E-state index is 13.8. The highest BCUT2D eigenvalue weighted by Gasteiger charge is 2.33. The van der Waals surface area contributed by atoms with E-state index in [1.165, 1.54) is 17.4 Å². The van der Waals surface area contributed by atoms with Gasteiger partial charge in [0, 0.05) is 54.4 Å². The molecule has 8 nitrogen and oxygen atoms in total. The number of thiophene rings is 1. The zero-order valence-corrected chi connectivity index (χ0v) is 24.1. The molecular weight excluding hydrogens is 565 g/mol. The van der Waals surface area contributed by atoms with Crippen LogP contribution in [-0.4, -0.2) is 75.7 Å². The highest BCUT2D eigenvalue weighted by molar-refractivity contribution is 7.10. The van der Waals surface area contributed by atoms with E-state index in [2.05, 4.69) is 20.1 Å². The number of hydrogen-bond acceptors (Lipinski definition) is 6. The van der Waals surface area contributed by atoms with Gasteiger partial charge in [-0.25, -0.2) is 4.98 Å². The summed E-state index contributed by atoms with van der Waals surface area (Å²) in [5.74, 6) is -0.599. The summed E-state index contributed by atoms with van der Waals surface area (Å²) < 4.78 is 43.1. The molecule has 1 saturated heterocycles. The SMILES string of the molecule is CN(C)C1CCN(Cc2cc(NC(=O)c3csc4c3CCN(C(=O)c3cnc5ccccn35)C4)cc(C(F)(F)F)c2)C1. The van der Waals surface area contributed by atoms with E-state index in [4.69, 9.17) is 0 Å². The number of likely N-dealkylation sites (N-methyl/N-ethyl adjacent to an activating group) is 1. The summed E-state index contributed by atoms with van der Waals surface area (Å²) in [6.07, 6.45) is 0.253. The molecule has 1 atom stereocenters. The fourth-order valence-electron chi connectivity index (χ4n) is 5.80. The number of halogens is 3. The normalized spacial score (nSPS) is 17.7. The number of imidazole rings is 1. The molecule has 1 N–H and O–H groups in total. The van der Waals surface area contributed by atoms with Gasteiger partial charge in [-0.3, -0.25) is 18.9 Å². The average molecular weight is 597 g/mol. The Morgan fingerprint density at radius 1 is 1.17 bits per heavy atom. The second-order valence-electron chi connectivity index (χ2n) is 11.1. The standard InChI is InChI=1S/C30H31F3N6O2S/c1-36(2)22-6-9-37(16-22)15-19-11-20(30(31,32)33)13-21(12-19)35-28(40)24-18-42-26-17-38(10-7-23(24)26)29(41)25-14-34-27-5-3-4-8-39(25)27/h3-5,8,11-14,18,22H,6-7,9-10,15-17H2,1-2H3,(H,35,40). The van der Waals surface area contributed by atoms with Crippen LogP contribution in [0.1, 0.15) is 48.8 Å². The highest BCUT2D eigenvalue weighted by Crippen LogP contribution is 2.34. The molecule has 4 aromatic rings. The lowest BCUT2D eigenvalue weighted by Crippen LogP contribution is -2.36. The van der Waals surface area contributed by atoms with E-state index in [1.54, 1.807) is 33.1 Å². The molecule has 42 heavy (non-hydrogen) atoms. The van der Waals surface area contributed by atoms with Gasteiger partial charge in [0.1, 0.15) is 11.3 Å². The van der Waals surface area contributed by atoms with Crippen LogP contribution in [0.5, 0.6) is 0 Å². The van der Waals surface area contributed by atoms with Gasteiger partial charge in [0.05, 0.1) is 23.9 Å². The first-order chi connectivity index (χ1) is 20.1. The maximum Gasteiger partial charge on any atom is 0.416 e. The summed E-state index contributed by atoms with van der Waals surface area (Å²) in [7, 11) is 4.01. The van der Waals surface area contributed by atoms with Gasteiger partial charge in [0.25, 0.3) is 11.8 Å². The van der Waals surface area contributed by atoms with E-state index >= 15 is 0 Å². The number of hydrogen-bond donors (Lipinski definition) is 1. The van der Waals surface area contributed by atoms with Crippen LogP contribution in [0, 0.1) is 0 Å². The van der Waals surface area contributed by atoms with Crippen molar-refractivity contribution >= 4 is 34.5 Å². The van der Waals surface area contributed by atoms with E-state index in [1.807, 2.05) is 32.3 Å². The molecule has 0 radical (unpaired) electrons. The van der Waals surface area contributed by atoms with Crippen LogP contribution in [-0.2, 0) is 25.7 Å². The van der Waals surface area contributed by atoms with Gasteiger partial charge in [0.15, 0.2) is 0 Å². The van der Waals surface area contributed by atoms with E-state index in [0.29, 0.717) is 54.6 Å². The summed E-state index contributed by atoms with van der Waals surface area (Å²) in [4.78, 5) is 37.8. The van der Waals surface area contributed by atoms with Crippen molar-refractivity contribution in [3.05, 3.63) is 87.0 Å². The van der Waals surface area contributed by atoms with Crippen molar-refractivity contribution in [2.24, 2.45) is 0 Å². The molecule has 0 bridgehead atoms. The summed E-state index contributed by atoms with van der Waals surface area (Å²) in [6.45, 7) is 2.73. The van der Waals surface area contributed by atoms with Crippen molar-refractivity contribution in [2.75, 3.05) is 39.0 Å². The molecule has 2 aliphatic rings. The van der Waals surface area contributed by atoms with Crippen molar-refractivity contribution in [1.29, 1.82) is 0 Å². The van der Waals surface area contributed by atoms with Crippen molar-refractivity contribution < 1.29 is 22.8 Å². The fraction of sp³-hybridized carbons (Fsp3) is 0.367. The van der Waals surface area contributed by atoms with Gasteiger partial charge in [-0.2, -0.15) is 13.2 Å². The average Bonchev–Trinajstić information content (AvgIpc) is 3.70. The van der Waals surface area contributed by atoms with Crippen LogP contribution in [0.3, 0.4) is 0 Å². The molecule has 2 aliphatic heterocycles. The highest BCUT2D eigenvalue weighted by atomic mass is 32.1. The van der Waals surface area contributed by atoms with Gasteiger partial charge >= 0.3 is 6.18 Å². The Morgan fingerprint density at radius 2 is 2.00 bits per heavy atom. The van der Waals surface area contributed by atoms with E-state index in [-0.39, 0.29) is 11.6 Å². The Bertz CT molecular complexity index is 1650. The molecule has 1 unspecified atom stereocenters. The number of pyridine rings is 1. The van der Waals surface area contributed by atoms with Gasteiger partial charge in [-0.15, -0.1) is 11.3 Å². The quantitative estimate of drug-likeness (QED) is 0.339. The van der Waals surface area contributed by atoms with E-state index in [9.17, 15) is 22.8 Å². The van der Waals surface area contributed by atoms with Crippen molar-refractivity contribution in [1.82, 2.24) is 24.1 Å². The number of likely N-dealkylation sites (tertiary alicyclic amines) is 1. The van der Waals surface area contributed by atoms with Crippen LogP contribution in [0.4, 0.5) is 18.9 Å². The predicted molar refractivity (Wildman–Crippen MR) is 155 cm³/mol. The van der Waals surface area contributed by atoms with Gasteiger partial charge in [-0.05, 0) is 68.4 Å². The topological polar surface area (TPSA) is 73.2 Å². The third-order valence-electron chi connectivity index (χ3n) is 8.08. The molecule has 1 aromatic carbocycles. The lowest BCUT2D eigenvalue weighted by Gasteiger charge is -2.27. The van der Waals surface area contributed by atoms with Crippen LogP contribution < -0.4 is 5.32 Å². The zero-order valence-electron chi connectivity index (χ0n) is 23.3. The number of amides is 2. The van der Waals surface area contributed by atoms with Crippen LogP contribution in [0.25, 0.3) is 5.65 Å². The lowest BCUT2D eigenvalue weighted by molar-refractivity contribution is -0.137. The molecule has 2 amide bonds. The first kappa shape index (κ1) is 28.4. The molecule has 6 rings (SSSR count). The third kappa shape index (κ3) is 5.66. The minimum Gasteiger partial charge on any atom is -0.332 e. The van der Waals surface area contributed by atoms with Crippen LogP contribution >= 0.6 is 11.3 Å². The predicted octanol–water partition coefficient (Wildman–Crippen LogP) is 5.00. The third-order valence-corrected chi connectivity index (χ3v) is 9.09. The summed E-state index contributed by atoms with van der Waals surface area (Å²) in [6, 6.07) is 9.68. The molecule has 0 spiro atoms. The number of nitrogens with zero attached hydrogens (tertiary/aromatic N) is 5. The fourth-order valence-corrected chi connectivity index (χ4v) is 6.89. The van der Waals surface area contributed by atoms with Crippen molar-refractivity contribution in [3.8, 4) is 0 Å². The van der Waals surface area contributed by atoms with Crippen molar-refractivity contribution in [2.45, 2.75) is 38.1 Å². The van der Waals surface area contributed by atoms with Crippen molar-refractivity contribution in [3.63, 3.8) is 0 Å². The second kappa shape index (κ2) is 11.2. The maximum atomic E-state index is 13.8. The number of nitrogens with one attached hydrogen (secondary N) is 1. The van der Waals surface area contributed by atoms with E-state index in [0.717, 1.165) is 36.0 Å². The molecule has 12 heteroatoms. The van der Waals surface area contributed by atoms with Gasteiger partial charge < -0.3 is 15.1 Å². The lowest BCUT2D eigenvalue weighted by atomic mass is 10.0. The molecule has 0 aliphatic carbocycles. The largest absolute Gasteiger partial charge is 0.416 e. The second-order valence-corrected chi connectivity index (χ2v) is 12.1. The van der Waals surface area contributed by atoms with Gasteiger partial charge in [0.2, 0.25) is 0 Å². The zero-order chi connectivity index (χ0) is 29.6. The summed E-state index contributed by atoms with van der Waals surface area (Å²) in [5.41, 5.74) is 2.26. The molecule has 0 saturated carbocycles. The smallest absolute Gasteiger partial charge is 0.332 e. The molecule has 220 valence electrons. The minimum atomic E-state index is -4.54. The number of rotatable bonds is 6. The Hall–Kier alpha value is -3.74. The summed E-state index contributed by atoms with van der Waals surface area (Å²) >= 11 is 1.38. The minimum absolute atomic E-state index is 0.119. The van der Waals surface area contributed by atoms with Gasteiger partial charge in [-0.1, -0.05) is 6.07 Å².